The van der Waals surface area contributed by atoms with Crippen LogP contribution in [0.1, 0.15) is 73.6 Å². The maximum Gasteiger partial charge on any atom is 0.0444 e. The third-order valence-electron chi connectivity index (χ3n) is 4.10. The van der Waals surface area contributed by atoms with Crippen LogP contribution in [0.4, 0.5) is 0 Å². The molecule has 0 radical (unpaired) electrons. The van der Waals surface area contributed by atoms with Crippen molar-refractivity contribution in [2.45, 2.75) is 78.5 Å². The summed E-state index contributed by atoms with van der Waals surface area (Å²) in [7, 11) is 0. The van der Waals surface area contributed by atoms with Crippen LogP contribution in [0, 0.1) is 11.3 Å². The van der Waals surface area contributed by atoms with Gasteiger partial charge < -0.3 is 0 Å². The monoisotopic (exact) mass is 232 g/mol. The lowest BCUT2D eigenvalue weighted by Gasteiger charge is -2.43. The number of rotatable bonds is 7. The third-order valence-corrected chi connectivity index (χ3v) is 4.58. The molecule has 15 heavy (non-hydrogen) atoms. The molecule has 92 valence electrons. The van der Waals surface area contributed by atoms with Crippen LogP contribution < -0.4 is 0 Å². The molecule has 0 spiro atoms. The third kappa shape index (κ3) is 4.34. The highest BCUT2D eigenvalue weighted by Crippen LogP contribution is 2.46. The van der Waals surface area contributed by atoms with Crippen molar-refractivity contribution in [2.75, 3.05) is 0 Å². The predicted molar refractivity (Wildman–Crippen MR) is 71.6 cm³/mol. The number of hydrogen-bond donors (Lipinski definition) is 0. The van der Waals surface area contributed by atoms with Crippen LogP contribution >= 0.6 is 11.6 Å². The molecule has 0 aromatic rings. The minimum atomic E-state index is -0.111. The SMILES string of the molecule is CCCCC(CCC)C(C)(C)C(C)(C)Cl. The molecular weight excluding hydrogens is 204 g/mol. The Morgan fingerprint density at radius 2 is 1.47 bits per heavy atom. The topological polar surface area (TPSA) is 0 Å². The van der Waals surface area contributed by atoms with E-state index in [1.165, 1.54) is 32.1 Å². The molecule has 0 heterocycles. The Balaban J connectivity index is 4.58. The van der Waals surface area contributed by atoms with Crippen molar-refractivity contribution in [2.24, 2.45) is 11.3 Å². The van der Waals surface area contributed by atoms with Crippen LogP contribution in [0.25, 0.3) is 0 Å². The molecule has 0 amide bonds. The van der Waals surface area contributed by atoms with Gasteiger partial charge in [-0.3, -0.25) is 0 Å². The van der Waals surface area contributed by atoms with Crippen LogP contribution in [-0.2, 0) is 0 Å². The van der Waals surface area contributed by atoms with Crippen LogP contribution in [0.2, 0.25) is 0 Å². The predicted octanol–water partition coefficient (Wildman–Crippen LogP) is 5.64. The summed E-state index contributed by atoms with van der Waals surface area (Å²) in [6.07, 6.45) is 6.53. The Labute approximate surface area is 102 Å². The molecule has 0 aliphatic heterocycles. The fourth-order valence-electron chi connectivity index (χ4n) is 2.15. The summed E-state index contributed by atoms with van der Waals surface area (Å²) in [5, 5.41) is 0. The Morgan fingerprint density at radius 3 is 1.80 bits per heavy atom. The van der Waals surface area contributed by atoms with E-state index in [0.717, 1.165) is 5.92 Å². The van der Waals surface area contributed by atoms with Crippen molar-refractivity contribution in [1.82, 2.24) is 0 Å². The number of unbranched alkanes of at least 4 members (excludes halogenated alkanes) is 1. The van der Waals surface area contributed by atoms with Crippen LogP contribution in [0.15, 0.2) is 0 Å². The number of halogens is 1. The molecule has 0 saturated carbocycles. The summed E-state index contributed by atoms with van der Waals surface area (Å²) in [6.45, 7) is 13.5. The first-order chi connectivity index (χ1) is 6.77. The lowest BCUT2D eigenvalue weighted by molar-refractivity contribution is 0.134. The molecule has 0 fully saturated rings. The van der Waals surface area contributed by atoms with E-state index >= 15 is 0 Å². The average molecular weight is 233 g/mol. The summed E-state index contributed by atoms with van der Waals surface area (Å²) in [6, 6.07) is 0. The van der Waals surface area contributed by atoms with Gasteiger partial charge in [-0.1, -0.05) is 53.4 Å². The molecule has 0 N–H and O–H groups in total. The molecule has 1 heteroatoms. The molecule has 0 aromatic carbocycles. The molecule has 0 aliphatic rings. The molecule has 0 bridgehead atoms. The summed E-state index contributed by atoms with van der Waals surface area (Å²) >= 11 is 6.53. The molecule has 0 aromatic heterocycles. The zero-order valence-corrected chi connectivity index (χ0v) is 12.2. The second-order valence-electron chi connectivity index (χ2n) is 5.82. The van der Waals surface area contributed by atoms with Crippen LogP contribution in [0.3, 0.4) is 0 Å². The van der Waals surface area contributed by atoms with E-state index in [2.05, 4.69) is 41.5 Å². The molecule has 0 saturated heterocycles. The second kappa shape index (κ2) is 6.13. The van der Waals surface area contributed by atoms with Gasteiger partial charge in [0.1, 0.15) is 0 Å². The van der Waals surface area contributed by atoms with Gasteiger partial charge in [-0.2, -0.15) is 0 Å². The fourth-order valence-corrected chi connectivity index (χ4v) is 2.30. The van der Waals surface area contributed by atoms with Gasteiger partial charge >= 0.3 is 0 Å². The quantitative estimate of drug-likeness (QED) is 0.499. The minimum absolute atomic E-state index is 0.111. The molecule has 0 aliphatic carbocycles. The van der Waals surface area contributed by atoms with Crippen molar-refractivity contribution in [1.29, 1.82) is 0 Å². The van der Waals surface area contributed by atoms with Gasteiger partial charge in [0.15, 0.2) is 0 Å². The average Bonchev–Trinajstić information content (AvgIpc) is 2.10. The van der Waals surface area contributed by atoms with E-state index < -0.39 is 0 Å². The first-order valence-corrected chi connectivity index (χ1v) is 6.84. The normalized spacial score (nSPS) is 15.4. The molecule has 1 atom stereocenters. The van der Waals surface area contributed by atoms with E-state index in [4.69, 9.17) is 11.6 Å². The molecular formula is C14H29Cl. The van der Waals surface area contributed by atoms with Gasteiger partial charge in [-0.15, -0.1) is 11.6 Å². The van der Waals surface area contributed by atoms with E-state index in [1.54, 1.807) is 0 Å². The summed E-state index contributed by atoms with van der Waals surface area (Å²) in [5.41, 5.74) is 0.222. The van der Waals surface area contributed by atoms with Crippen molar-refractivity contribution in [3.05, 3.63) is 0 Å². The highest BCUT2D eigenvalue weighted by Gasteiger charge is 2.40. The zero-order valence-electron chi connectivity index (χ0n) is 11.5. The maximum atomic E-state index is 6.53. The van der Waals surface area contributed by atoms with E-state index in [1.807, 2.05) is 0 Å². The fraction of sp³-hybridized carbons (Fsp3) is 1.00. The standard InChI is InChI=1S/C14H29Cl/c1-7-9-11-12(10-8-2)13(3,4)14(5,6)15/h12H,7-11H2,1-6H3. The first kappa shape index (κ1) is 15.3. The van der Waals surface area contributed by atoms with Gasteiger partial charge in [-0.25, -0.2) is 0 Å². The molecule has 0 nitrogen and oxygen atoms in total. The molecule has 0 rings (SSSR count). The maximum absolute atomic E-state index is 6.53. The Bertz CT molecular complexity index is 165. The van der Waals surface area contributed by atoms with E-state index in [9.17, 15) is 0 Å². The number of alkyl halides is 1. The van der Waals surface area contributed by atoms with Crippen molar-refractivity contribution < 1.29 is 0 Å². The van der Waals surface area contributed by atoms with Crippen molar-refractivity contribution in [3.63, 3.8) is 0 Å². The minimum Gasteiger partial charge on any atom is -0.119 e. The zero-order chi connectivity index (χ0) is 12.1. The van der Waals surface area contributed by atoms with Crippen LogP contribution in [-0.4, -0.2) is 4.87 Å². The molecule has 1 unspecified atom stereocenters. The lowest BCUT2D eigenvalue weighted by Crippen LogP contribution is -2.40. The van der Waals surface area contributed by atoms with Gasteiger partial charge in [0.2, 0.25) is 0 Å². The summed E-state index contributed by atoms with van der Waals surface area (Å²) in [5.74, 6) is 0.759. The smallest absolute Gasteiger partial charge is 0.0444 e. The van der Waals surface area contributed by atoms with E-state index in [-0.39, 0.29) is 10.3 Å². The highest BCUT2D eigenvalue weighted by atomic mass is 35.5. The summed E-state index contributed by atoms with van der Waals surface area (Å²) in [4.78, 5) is -0.111. The lowest BCUT2D eigenvalue weighted by atomic mass is 9.67. The Morgan fingerprint density at radius 1 is 0.933 bits per heavy atom. The largest absolute Gasteiger partial charge is 0.119 e. The second-order valence-corrected chi connectivity index (χ2v) is 6.77. The van der Waals surface area contributed by atoms with E-state index in [0.29, 0.717) is 0 Å². The van der Waals surface area contributed by atoms with Gasteiger partial charge in [0.25, 0.3) is 0 Å². The van der Waals surface area contributed by atoms with Gasteiger partial charge in [0, 0.05) is 4.87 Å². The van der Waals surface area contributed by atoms with Gasteiger partial charge in [-0.05, 0) is 31.6 Å². The van der Waals surface area contributed by atoms with Crippen molar-refractivity contribution >= 4 is 11.6 Å². The van der Waals surface area contributed by atoms with Gasteiger partial charge in [0.05, 0.1) is 0 Å². The summed E-state index contributed by atoms with van der Waals surface area (Å²) < 4.78 is 0. The highest BCUT2D eigenvalue weighted by molar-refractivity contribution is 6.23. The van der Waals surface area contributed by atoms with Crippen LogP contribution in [0.5, 0.6) is 0 Å². The Hall–Kier alpha value is 0.290. The van der Waals surface area contributed by atoms with Crippen molar-refractivity contribution in [3.8, 4) is 0 Å². The number of hydrogen-bond acceptors (Lipinski definition) is 0. The Kier molecular flexibility index (Phi) is 6.25. The first-order valence-electron chi connectivity index (χ1n) is 6.46.